The number of likely N-dealkylation sites (tertiary alicyclic amines) is 1. The number of anilines is 1. The van der Waals surface area contributed by atoms with Crippen molar-refractivity contribution in [2.24, 2.45) is 0 Å². The van der Waals surface area contributed by atoms with Gasteiger partial charge in [-0.3, -0.25) is 4.79 Å². The smallest absolute Gasteiger partial charge is 0.256 e. The summed E-state index contributed by atoms with van der Waals surface area (Å²) in [5, 5.41) is 8.29. The molecule has 1 aromatic carbocycles. The molecule has 0 saturated carbocycles. The summed E-state index contributed by atoms with van der Waals surface area (Å²) in [6, 6.07) is 11.8. The molecule has 7 nitrogen and oxygen atoms in total. The summed E-state index contributed by atoms with van der Waals surface area (Å²) in [6.07, 6.45) is 2.04. The summed E-state index contributed by atoms with van der Waals surface area (Å²) >= 11 is 0. The van der Waals surface area contributed by atoms with E-state index >= 15 is 0 Å². The van der Waals surface area contributed by atoms with Gasteiger partial charge in [0.1, 0.15) is 6.10 Å². The number of hydrogen-bond donors (Lipinski definition) is 0. The maximum atomic E-state index is 13.1. The van der Waals surface area contributed by atoms with Crippen molar-refractivity contribution in [3.63, 3.8) is 0 Å². The van der Waals surface area contributed by atoms with Gasteiger partial charge < -0.3 is 19.3 Å². The van der Waals surface area contributed by atoms with Crippen molar-refractivity contribution in [2.45, 2.75) is 31.5 Å². The van der Waals surface area contributed by atoms with E-state index in [-0.39, 0.29) is 12.0 Å². The van der Waals surface area contributed by atoms with Crippen LogP contribution < -0.4 is 9.64 Å². The minimum Gasteiger partial charge on any atom is -0.471 e. The Bertz CT molecular complexity index is 825. The van der Waals surface area contributed by atoms with E-state index < -0.39 is 6.10 Å². The summed E-state index contributed by atoms with van der Waals surface area (Å²) < 4.78 is 11.8. The Morgan fingerprint density at radius 1 is 1.21 bits per heavy atom. The number of rotatable bonds is 4. The third-order valence-corrected chi connectivity index (χ3v) is 5.28. The zero-order valence-electron chi connectivity index (χ0n) is 16.4. The fourth-order valence-electron chi connectivity index (χ4n) is 3.78. The maximum Gasteiger partial charge on any atom is 0.256 e. The first-order chi connectivity index (χ1) is 13.6. The second kappa shape index (κ2) is 8.14. The SMILES string of the molecule is CN(C)c1ccc(OC2CCCN(C(=O)C3OCCc4ccccc43)C2)nn1. The second-order valence-corrected chi connectivity index (χ2v) is 7.49. The Hall–Kier alpha value is -2.67. The van der Waals surface area contributed by atoms with E-state index in [1.807, 2.05) is 54.2 Å². The van der Waals surface area contributed by atoms with Gasteiger partial charge in [-0.15, -0.1) is 10.2 Å². The van der Waals surface area contributed by atoms with Crippen LogP contribution in [0.4, 0.5) is 5.82 Å². The minimum atomic E-state index is -0.511. The average Bonchev–Trinajstić information content (AvgIpc) is 2.73. The van der Waals surface area contributed by atoms with E-state index in [9.17, 15) is 4.79 Å². The van der Waals surface area contributed by atoms with Crippen LogP contribution in [0.25, 0.3) is 0 Å². The number of fused-ring (bicyclic) bond motifs is 1. The van der Waals surface area contributed by atoms with Crippen molar-refractivity contribution in [3.8, 4) is 5.88 Å². The van der Waals surface area contributed by atoms with Crippen molar-refractivity contribution in [2.75, 3.05) is 38.7 Å². The number of aromatic nitrogens is 2. The molecule has 3 heterocycles. The fourth-order valence-corrected chi connectivity index (χ4v) is 3.78. The number of nitrogens with zero attached hydrogens (tertiary/aromatic N) is 4. The molecule has 2 unspecified atom stereocenters. The minimum absolute atomic E-state index is 0.0227. The van der Waals surface area contributed by atoms with Gasteiger partial charge in [0.15, 0.2) is 11.9 Å². The van der Waals surface area contributed by atoms with Crippen LogP contribution in [0.2, 0.25) is 0 Å². The summed E-state index contributed by atoms with van der Waals surface area (Å²) in [5.74, 6) is 1.29. The molecule has 148 valence electrons. The van der Waals surface area contributed by atoms with Crippen LogP contribution in [-0.4, -0.2) is 60.9 Å². The topological polar surface area (TPSA) is 67.8 Å². The molecule has 1 aromatic heterocycles. The van der Waals surface area contributed by atoms with Crippen molar-refractivity contribution in [1.82, 2.24) is 15.1 Å². The van der Waals surface area contributed by atoms with Crippen LogP contribution in [0, 0.1) is 0 Å². The Morgan fingerprint density at radius 2 is 2.07 bits per heavy atom. The first kappa shape index (κ1) is 18.7. The van der Waals surface area contributed by atoms with E-state index in [4.69, 9.17) is 9.47 Å². The second-order valence-electron chi connectivity index (χ2n) is 7.49. The first-order valence-electron chi connectivity index (χ1n) is 9.78. The molecular formula is C21H26N4O3. The molecule has 7 heteroatoms. The van der Waals surface area contributed by atoms with Crippen LogP contribution >= 0.6 is 0 Å². The molecule has 1 amide bonds. The number of carbonyl (C=O) groups excluding carboxylic acids is 1. The summed E-state index contributed by atoms with van der Waals surface area (Å²) in [7, 11) is 3.83. The molecule has 4 rings (SSSR count). The predicted octanol–water partition coefficient (Wildman–Crippen LogP) is 2.23. The lowest BCUT2D eigenvalue weighted by Crippen LogP contribution is -2.47. The molecule has 2 aliphatic rings. The predicted molar refractivity (Wildman–Crippen MR) is 105 cm³/mol. The Morgan fingerprint density at radius 3 is 2.86 bits per heavy atom. The van der Waals surface area contributed by atoms with Crippen molar-refractivity contribution in [1.29, 1.82) is 0 Å². The highest BCUT2D eigenvalue weighted by Crippen LogP contribution is 2.30. The molecule has 0 aliphatic carbocycles. The van der Waals surface area contributed by atoms with Gasteiger partial charge in [0, 0.05) is 26.7 Å². The van der Waals surface area contributed by atoms with E-state index in [2.05, 4.69) is 16.3 Å². The monoisotopic (exact) mass is 382 g/mol. The highest BCUT2D eigenvalue weighted by Gasteiger charge is 2.34. The molecule has 28 heavy (non-hydrogen) atoms. The van der Waals surface area contributed by atoms with Crippen LogP contribution in [-0.2, 0) is 16.0 Å². The molecule has 1 fully saturated rings. The standard InChI is InChI=1S/C21H26N4O3/c1-24(2)18-9-10-19(23-22-18)28-16-7-5-12-25(14-16)21(26)20-17-8-4-3-6-15(17)11-13-27-20/h3-4,6,8-10,16,20H,5,7,11-14H2,1-2H3. The lowest BCUT2D eigenvalue weighted by atomic mass is 9.96. The normalized spacial score (nSPS) is 21.7. The molecule has 0 radical (unpaired) electrons. The zero-order valence-corrected chi connectivity index (χ0v) is 16.4. The van der Waals surface area contributed by atoms with Gasteiger partial charge in [0.05, 0.1) is 13.2 Å². The van der Waals surface area contributed by atoms with Crippen LogP contribution in [0.3, 0.4) is 0 Å². The highest BCUT2D eigenvalue weighted by molar-refractivity contribution is 5.83. The van der Waals surface area contributed by atoms with E-state index in [1.165, 1.54) is 5.56 Å². The number of carbonyl (C=O) groups is 1. The Kier molecular flexibility index (Phi) is 5.43. The van der Waals surface area contributed by atoms with E-state index in [0.717, 1.165) is 37.2 Å². The van der Waals surface area contributed by atoms with Gasteiger partial charge in [-0.2, -0.15) is 0 Å². The van der Waals surface area contributed by atoms with Crippen molar-refractivity contribution < 1.29 is 14.3 Å². The molecule has 0 spiro atoms. The summed E-state index contributed by atoms with van der Waals surface area (Å²) in [6.45, 7) is 1.85. The largest absolute Gasteiger partial charge is 0.471 e. The average molecular weight is 382 g/mol. The Balaban J connectivity index is 1.42. The molecule has 0 N–H and O–H groups in total. The lowest BCUT2D eigenvalue weighted by Gasteiger charge is -2.36. The molecule has 2 atom stereocenters. The van der Waals surface area contributed by atoms with Crippen LogP contribution in [0.1, 0.15) is 30.1 Å². The van der Waals surface area contributed by atoms with Crippen LogP contribution in [0.15, 0.2) is 36.4 Å². The van der Waals surface area contributed by atoms with Gasteiger partial charge in [-0.05, 0) is 36.5 Å². The highest BCUT2D eigenvalue weighted by atomic mass is 16.5. The van der Waals surface area contributed by atoms with Gasteiger partial charge in [0.25, 0.3) is 5.91 Å². The van der Waals surface area contributed by atoms with Crippen molar-refractivity contribution >= 4 is 11.7 Å². The number of ether oxygens (including phenoxy) is 2. The number of benzene rings is 1. The van der Waals surface area contributed by atoms with E-state index in [1.54, 1.807) is 0 Å². The molecule has 1 saturated heterocycles. The first-order valence-corrected chi connectivity index (χ1v) is 9.78. The zero-order chi connectivity index (χ0) is 19.5. The van der Waals surface area contributed by atoms with Crippen molar-refractivity contribution in [3.05, 3.63) is 47.5 Å². The number of amides is 1. The quantitative estimate of drug-likeness (QED) is 0.808. The maximum absolute atomic E-state index is 13.1. The fraction of sp³-hybridized carbons (Fsp3) is 0.476. The lowest BCUT2D eigenvalue weighted by molar-refractivity contribution is -0.147. The third-order valence-electron chi connectivity index (χ3n) is 5.28. The summed E-state index contributed by atoms with van der Waals surface area (Å²) in [4.78, 5) is 16.9. The van der Waals surface area contributed by atoms with Gasteiger partial charge in [0.2, 0.25) is 5.88 Å². The molecular weight excluding hydrogens is 356 g/mol. The summed E-state index contributed by atoms with van der Waals surface area (Å²) in [5.41, 5.74) is 2.19. The molecule has 2 aromatic rings. The van der Waals surface area contributed by atoms with Gasteiger partial charge in [-0.25, -0.2) is 0 Å². The van der Waals surface area contributed by atoms with Gasteiger partial charge >= 0.3 is 0 Å². The number of piperidine rings is 1. The van der Waals surface area contributed by atoms with E-state index in [0.29, 0.717) is 19.0 Å². The Labute approximate surface area is 165 Å². The van der Waals surface area contributed by atoms with Gasteiger partial charge in [-0.1, -0.05) is 24.3 Å². The number of hydrogen-bond acceptors (Lipinski definition) is 6. The third kappa shape index (κ3) is 3.94. The molecule has 2 aliphatic heterocycles. The van der Waals surface area contributed by atoms with Crippen LogP contribution in [0.5, 0.6) is 5.88 Å². The molecule has 0 bridgehead atoms.